The number of phenols is 6. The summed E-state index contributed by atoms with van der Waals surface area (Å²) < 4.78 is 5.64. The molecule has 0 fully saturated rings. The second-order valence-electron chi connectivity index (χ2n) is 7.72. The van der Waals surface area contributed by atoms with Crippen molar-refractivity contribution in [3.05, 3.63) is 69.3 Å². The molecule has 8 nitrogen and oxygen atoms in total. The number of aryl methyl sites for hydroxylation is 1. The number of ether oxygens (including phenoxy) is 1. The number of aromatic hydroxyl groups is 6. The van der Waals surface area contributed by atoms with Crippen molar-refractivity contribution >= 4 is 0 Å². The highest BCUT2D eigenvalue weighted by molar-refractivity contribution is 5.55. The van der Waals surface area contributed by atoms with Crippen LogP contribution >= 0.6 is 0 Å². The lowest BCUT2D eigenvalue weighted by molar-refractivity contribution is 0.103. The van der Waals surface area contributed by atoms with E-state index in [2.05, 4.69) is 0 Å². The minimum absolute atomic E-state index is 0.0236. The Morgan fingerprint density at radius 1 is 0.594 bits per heavy atom. The zero-order valence-corrected chi connectivity index (χ0v) is 17.8. The van der Waals surface area contributed by atoms with Gasteiger partial charge < -0.3 is 40.5 Å². The standard InChI is InChI=1S/C24H26O8/c1-12-3-17(22(29)7-19(12)26)10-32-11-18-6-15(23(30)13(2)24(18)31)4-14-5-16(9-25)21(28)8-20(14)27/h3,5-8,25-31H,4,9-11H2,1-2H3. The van der Waals surface area contributed by atoms with Crippen LogP contribution in [0.5, 0.6) is 34.5 Å². The zero-order valence-electron chi connectivity index (χ0n) is 17.8. The molecule has 0 aliphatic heterocycles. The van der Waals surface area contributed by atoms with Gasteiger partial charge in [0.05, 0.1) is 19.8 Å². The number of rotatable bonds is 7. The van der Waals surface area contributed by atoms with E-state index in [-0.39, 0.29) is 65.3 Å². The van der Waals surface area contributed by atoms with Crippen LogP contribution in [0.3, 0.4) is 0 Å². The van der Waals surface area contributed by atoms with Crippen LogP contribution in [-0.4, -0.2) is 35.7 Å². The van der Waals surface area contributed by atoms with Gasteiger partial charge in [-0.1, -0.05) is 0 Å². The Hall–Kier alpha value is -3.62. The van der Waals surface area contributed by atoms with Gasteiger partial charge in [0.25, 0.3) is 0 Å². The van der Waals surface area contributed by atoms with E-state index in [0.29, 0.717) is 27.8 Å². The first kappa shape index (κ1) is 23.1. The third kappa shape index (κ3) is 4.66. The largest absolute Gasteiger partial charge is 0.508 e. The summed E-state index contributed by atoms with van der Waals surface area (Å²) in [6.07, 6.45) is 0.0804. The Bertz CT molecular complexity index is 1150. The Morgan fingerprint density at radius 3 is 1.81 bits per heavy atom. The summed E-state index contributed by atoms with van der Waals surface area (Å²) in [5.74, 6) is -0.839. The molecule has 3 aromatic rings. The van der Waals surface area contributed by atoms with Gasteiger partial charge in [-0.15, -0.1) is 0 Å². The van der Waals surface area contributed by atoms with Gasteiger partial charge in [-0.3, -0.25) is 0 Å². The minimum atomic E-state index is -0.414. The van der Waals surface area contributed by atoms with Crippen molar-refractivity contribution in [2.24, 2.45) is 0 Å². The van der Waals surface area contributed by atoms with E-state index >= 15 is 0 Å². The Morgan fingerprint density at radius 2 is 1.12 bits per heavy atom. The van der Waals surface area contributed by atoms with Crippen LogP contribution in [0, 0.1) is 13.8 Å². The topological polar surface area (TPSA) is 151 Å². The maximum atomic E-state index is 10.5. The lowest BCUT2D eigenvalue weighted by Gasteiger charge is -2.16. The molecule has 0 aliphatic rings. The van der Waals surface area contributed by atoms with Crippen LogP contribution in [0.1, 0.15) is 38.9 Å². The van der Waals surface area contributed by atoms with Crippen LogP contribution in [-0.2, 0) is 31.0 Å². The first-order valence-corrected chi connectivity index (χ1v) is 9.89. The second kappa shape index (κ2) is 9.25. The summed E-state index contributed by atoms with van der Waals surface area (Å²) in [6, 6.07) is 6.95. The van der Waals surface area contributed by atoms with Crippen molar-refractivity contribution < 1.29 is 40.5 Å². The van der Waals surface area contributed by atoms with Gasteiger partial charge in [-0.05, 0) is 48.7 Å². The molecule has 0 saturated carbocycles. The minimum Gasteiger partial charge on any atom is -0.508 e. The molecule has 0 spiro atoms. The average Bonchev–Trinajstić information content (AvgIpc) is 2.74. The lowest BCUT2D eigenvalue weighted by Crippen LogP contribution is -2.00. The highest BCUT2D eigenvalue weighted by atomic mass is 16.5. The fourth-order valence-corrected chi connectivity index (χ4v) is 3.46. The smallest absolute Gasteiger partial charge is 0.127 e. The summed E-state index contributed by atoms with van der Waals surface area (Å²) in [5.41, 5.74) is 2.72. The molecular formula is C24H26O8. The quantitative estimate of drug-likeness (QED) is 0.294. The van der Waals surface area contributed by atoms with Crippen molar-refractivity contribution in [3.63, 3.8) is 0 Å². The molecule has 0 aromatic heterocycles. The molecule has 0 heterocycles. The third-order valence-corrected chi connectivity index (χ3v) is 5.41. The van der Waals surface area contributed by atoms with Crippen LogP contribution in [0.2, 0.25) is 0 Å². The fourth-order valence-electron chi connectivity index (χ4n) is 3.46. The normalized spacial score (nSPS) is 11.1. The molecule has 3 rings (SSSR count). The number of aliphatic hydroxyl groups excluding tert-OH is 1. The van der Waals surface area contributed by atoms with Gasteiger partial charge in [-0.2, -0.15) is 0 Å². The summed E-state index contributed by atoms with van der Waals surface area (Å²) in [4.78, 5) is 0. The summed E-state index contributed by atoms with van der Waals surface area (Å²) in [5, 5.41) is 69.8. The van der Waals surface area contributed by atoms with Gasteiger partial charge in [0.15, 0.2) is 0 Å². The van der Waals surface area contributed by atoms with E-state index in [1.165, 1.54) is 12.1 Å². The predicted molar refractivity (Wildman–Crippen MR) is 116 cm³/mol. The molecule has 3 aromatic carbocycles. The number of benzene rings is 3. The van der Waals surface area contributed by atoms with Crippen LogP contribution in [0.4, 0.5) is 0 Å². The number of hydrogen-bond acceptors (Lipinski definition) is 8. The SMILES string of the molecule is Cc1cc(COCc2cc(Cc3cc(CO)c(O)cc3O)c(O)c(C)c2O)c(O)cc1O. The van der Waals surface area contributed by atoms with Gasteiger partial charge in [0.1, 0.15) is 34.5 Å². The number of aliphatic hydroxyl groups is 1. The zero-order chi connectivity index (χ0) is 23.6. The molecule has 32 heavy (non-hydrogen) atoms. The Kier molecular flexibility index (Phi) is 6.67. The van der Waals surface area contributed by atoms with E-state index < -0.39 is 6.61 Å². The van der Waals surface area contributed by atoms with Crippen molar-refractivity contribution in [3.8, 4) is 34.5 Å². The maximum Gasteiger partial charge on any atom is 0.127 e. The lowest BCUT2D eigenvalue weighted by atomic mass is 9.96. The Labute approximate surface area is 184 Å². The highest BCUT2D eigenvalue weighted by Gasteiger charge is 2.17. The molecule has 0 bridgehead atoms. The van der Waals surface area contributed by atoms with Crippen molar-refractivity contribution in [1.82, 2.24) is 0 Å². The fraction of sp³-hybridized carbons (Fsp3) is 0.250. The van der Waals surface area contributed by atoms with Crippen LogP contribution < -0.4 is 0 Å². The first-order valence-electron chi connectivity index (χ1n) is 9.89. The summed E-state index contributed by atoms with van der Waals surface area (Å²) >= 11 is 0. The number of phenolic OH excluding ortho intramolecular Hbond substituents is 5. The van der Waals surface area contributed by atoms with Gasteiger partial charge >= 0.3 is 0 Å². The molecule has 0 unspecified atom stereocenters. The van der Waals surface area contributed by atoms with E-state index in [9.17, 15) is 35.7 Å². The monoisotopic (exact) mass is 442 g/mol. The van der Waals surface area contributed by atoms with E-state index in [4.69, 9.17) is 4.74 Å². The van der Waals surface area contributed by atoms with Crippen molar-refractivity contribution in [2.75, 3.05) is 0 Å². The highest BCUT2D eigenvalue weighted by Crippen LogP contribution is 2.37. The first-order chi connectivity index (χ1) is 15.1. The summed E-state index contributed by atoms with van der Waals surface area (Å²) in [7, 11) is 0. The van der Waals surface area contributed by atoms with Crippen LogP contribution in [0.25, 0.3) is 0 Å². The van der Waals surface area contributed by atoms with E-state index in [1.807, 2.05) is 0 Å². The maximum absolute atomic E-state index is 10.5. The number of hydrogen-bond donors (Lipinski definition) is 7. The second-order valence-corrected chi connectivity index (χ2v) is 7.72. The summed E-state index contributed by atoms with van der Waals surface area (Å²) in [6.45, 7) is 2.83. The predicted octanol–water partition coefficient (Wildman–Crippen LogP) is 3.34. The molecule has 0 atom stereocenters. The average molecular weight is 442 g/mol. The molecule has 170 valence electrons. The van der Waals surface area contributed by atoms with Crippen LogP contribution in [0.15, 0.2) is 30.3 Å². The van der Waals surface area contributed by atoms with Gasteiger partial charge in [0.2, 0.25) is 0 Å². The van der Waals surface area contributed by atoms with Gasteiger partial charge in [0, 0.05) is 40.8 Å². The Balaban J connectivity index is 1.84. The van der Waals surface area contributed by atoms with Crippen molar-refractivity contribution in [2.45, 2.75) is 40.1 Å². The molecule has 8 heteroatoms. The molecule has 0 amide bonds. The molecule has 0 saturated heterocycles. The molecule has 7 N–H and O–H groups in total. The third-order valence-electron chi connectivity index (χ3n) is 5.41. The molecule has 0 radical (unpaired) electrons. The molecular weight excluding hydrogens is 416 g/mol. The van der Waals surface area contributed by atoms with Crippen molar-refractivity contribution in [1.29, 1.82) is 0 Å². The van der Waals surface area contributed by atoms with Gasteiger partial charge in [-0.25, -0.2) is 0 Å². The van der Waals surface area contributed by atoms with E-state index in [1.54, 1.807) is 26.0 Å². The van der Waals surface area contributed by atoms with E-state index in [0.717, 1.165) is 6.07 Å². The molecule has 0 aliphatic carbocycles.